The number of rotatable bonds is 5. The normalized spacial score (nSPS) is 10.2. The minimum absolute atomic E-state index is 0.0295. The first-order valence-corrected chi connectivity index (χ1v) is 6.18. The van der Waals surface area contributed by atoms with Crippen LogP contribution in [-0.4, -0.2) is 10.4 Å². The summed E-state index contributed by atoms with van der Waals surface area (Å²) in [5, 5.41) is 0. The van der Waals surface area contributed by atoms with E-state index in [1.165, 1.54) is 0 Å². The zero-order valence-electron chi connectivity index (χ0n) is 11.1. The molecule has 0 aliphatic heterocycles. The summed E-state index contributed by atoms with van der Waals surface area (Å²) in [7, 11) is 0. The molecule has 2 heteroatoms. The number of hydrogen-bond donors (Lipinski definition) is 0. The van der Waals surface area contributed by atoms with Crippen molar-refractivity contribution in [2.24, 2.45) is 0 Å². The molecule has 2 rings (SSSR count). The molecular weight excluding hydrogens is 234 g/mol. The Morgan fingerprint density at radius 2 is 1.95 bits per heavy atom. The number of benzene rings is 1. The topological polar surface area (TPSA) is 22.0 Å². The van der Waals surface area contributed by atoms with Crippen LogP contribution in [-0.2, 0) is 6.54 Å². The SMILES string of the molecule is C=CC(=C)Cn1cccc1C(=O)c1ccc(C)cc1. The van der Waals surface area contributed by atoms with Crippen molar-refractivity contribution in [3.8, 4) is 0 Å². The van der Waals surface area contributed by atoms with Gasteiger partial charge in [-0.2, -0.15) is 0 Å². The van der Waals surface area contributed by atoms with Crippen LogP contribution in [0.5, 0.6) is 0 Å². The highest BCUT2D eigenvalue weighted by Gasteiger charge is 2.13. The summed E-state index contributed by atoms with van der Waals surface area (Å²) >= 11 is 0. The molecule has 0 N–H and O–H groups in total. The Labute approximate surface area is 113 Å². The van der Waals surface area contributed by atoms with Gasteiger partial charge in [0.15, 0.2) is 0 Å². The number of nitrogens with zero attached hydrogens (tertiary/aromatic N) is 1. The van der Waals surface area contributed by atoms with E-state index in [0.717, 1.165) is 11.1 Å². The van der Waals surface area contributed by atoms with Crippen molar-refractivity contribution in [1.82, 2.24) is 4.57 Å². The molecule has 0 aliphatic rings. The quantitative estimate of drug-likeness (QED) is 0.585. The van der Waals surface area contributed by atoms with Crippen LogP contribution in [0.15, 0.2) is 67.4 Å². The van der Waals surface area contributed by atoms with Crippen LogP contribution >= 0.6 is 0 Å². The number of carbonyl (C=O) groups is 1. The first kappa shape index (κ1) is 13.1. The standard InChI is InChI=1S/C17H17NO/c1-4-13(2)12-18-11-5-6-16(18)17(19)15-9-7-14(3)8-10-15/h4-11H,1-2,12H2,3H3. The molecule has 1 aromatic carbocycles. The van der Waals surface area contributed by atoms with Crippen molar-refractivity contribution in [3.63, 3.8) is 0 Å². The zero-order valence-corrected chi connectivity index (χ0v) is 11.1. The third kappa shape index (κ3) is 2.91. The molecule has 2 nitrogen and oxygen atoms in total. The molecule has 19 heavy (non-hydrogen) atoms. The Morgan fingerprint density at radius 1 is 1.26 bits per heavy atom. The minimum atomic E-state index is 0.0295. The van der Waals surface area contributed by atoms with Crippen molar-refractivity contribution < 1.29 is 4.79 Å². The number of hydrogen-bond acceptors (Lipinski definition) is 1. The van der Waals surface area contributed by atoms with Crippen molar-refractivity contribution >= 4 is 5.78 Å². The van der Waals surface area contributed by atoms with E-state index >= 15 is 0 Å². The van der Waals surface area contributed by atoms with Crippen LogP contribution in [0.1, 0.15) is 21.6 Å². The lowest BCUT2D eigenvalue weighted by molar-refractivity contribution is 0.103. The summed E-state index contributed by atoms with van der Waals surface area (Å²) in [6.07, 6.45) is 3.59. The molecule has 2 aromatic rings. The number of allylic oxidation sites excluding steroid dienone is 2. The van der Waals surface area contributed by atoms with Crippen molar-refractivity contribution in [2.75, 3.05) is 0 Å². The molecule has 0 saturated heterocycles. The second kappa shape index (κ2) is 5.53. The third-order valence-electron chi connectivity index (χ3n) is 3.04. The minimum Gasteiger partial charge on any atom is -0.340 e. The molecule has 0 bridgehead atoms. The van der Waals surface area contributed by atoms with Gasteiger partial charge in [-0.05, 0) is 24.6 Å². The molecule has 1 aromatic heterocycles. The highest BCUT2D eigenvalue weighted by atomic mass is 16.1. The van der Waals surface area contributed by atoms with Gasteiger partial charge in [-0.15, -0.1) is 0 Å². The average Bonchev–Trinajstić information content (AvgIpc) is 2.86. The second-order valence-electron chi connectivity index (χ2n) is 4.58. The van der Waals surface area contributed by atoms with Gasteiger partial charge in [-0.1, -0.05) is 49.1 Å². The smallest absolute Gasteiger partial charge is 0.209 e. The summed E-state index contributed by atoms with van der Waals surface area (Å²) in [5.74, 6) is 0.0295. The van der Waals surface area contributed by atoms with E-state index in [2.05, 4.69) is 13.2 Å². The first-order valence-electron chi connectivity index (χ1n) is 6.18. The number of aryl methyl sites for hydroxylation is 1. The summed E-state index contributed by atoms with van der Waals surface area (Å²) < 4.78 is 1.90. The second-order valence-corrected chi connectivity index (χ2v) is 4.58. The predicted molar refractivity (Wildman–Crippen MR) is 78.4 cm³/mol. The van der Waals surface area contributed by atoms with Crippen LogP contribution in [0.4, 0.5) is 0 Å². The number of carbonyl (C=O) groups excluding carboxylic acids is 1. The lowest BCUT2D eigenvalue weighted by Crippen LogP contribution is -2.10. The maximum Gasteiger partial charge on any atom is 0.209 e. The Bertz CT molecular complexity index is 617. The Kier molecular flexibility index (Phi) is 3.81. The van der Waals surface area contributed by atoms with Crippen LogP contribution in [0, 0.1) is 6.92 Å². The molecule has 0 saturated carbocycles. The van der Waals surface area contributed by atoms with E-state index in [9.17, 15) is 4.79 Å². The van der Waals surface area contributed by atoms with Gasteiger partial charge in [0.1, 0.15) is 0 Å². The molecule has 0 aliphatic carbocycles. The van der Waals surface area contributed by atoms with E-state index in [1.807, 2.05) is 54.1 Å². The molecular formula is C17H17NO. The first-order chi connectivity index (χ1) is 9.11. The summed E-state index contributed by atoms with van der Waals surface area (Å²) in [6, 6.07) is 11.3. The Hall–Kier alpha value is -2.35. The van der Waals surface area contributed by atoms with Gasteiger partial charge in [-0.3, -0.25) is 4.79 Å². The summed E-state index contributed by atoms with van der Waals surface area (Å²) in [4.78, 5) is 12.4. The monoisotopic (exact) mass is 251 g/mol. The maximum absolute atomic E-state index is 12.4. The van der Waals surface area contributed by atoms with Crippen molar-refractivity contribution in [2.45, 2.75) is 13.5 Å². The fourth-order valence-electron chi connectivity index (χ4n) is 1.89. The number of ketones is 1. The summed E-state index contributed by atoms with van der Waals surface area (Å²) in [6.45, 7) is 10.2. The summed E-state index contributed by atoms with van der Waals surface area (Å²) in [5.41, 5.74) is 3.41. The third-order valence-corrected chi connectivity index (χ3v) is 3.04. The van der Waals surface area contributed by atoms with Gasteiger partial charge >= 0.3 is 0 Å². The molecule has 1 heterocycles. The largest absolute Gasteiger partial charge is 0.340 e. The van der Waals surface area contributed by atoms with Crippen LogP contribution < -0.4 is 0 Å². The molecule has 0 radical (unpaired) electrons. The van der Waals surface area contributed by atoms with Gasteiger partial charge in [0.2, 0.25) is 5.78 Å². The van der Waals surface area contributed by atoms with Gasteiger partial charge in [0, 0.05) is 18.3 Å². The molecule has 0 atom stereocenters. The van der Waals surface area contributed by atoms with E-state index in [-0.39, 0.29) is 5.78 Å². The molecule has 96 valence electrons. The van der Waals surface area contributed by atoms with Crippen LogP contribution in [0.25, 0.3) is 0 Å². The Balaban J connectivity index is 2.29. The van der Waals surface area contributed by atoms with Gasteiger partial charge in [0.05, 0.1) is 5.69 Å². The van der Waals surface area contributed by atoms with Gasteiger partial charge in [-0.25, -0.2) is 0 Å². The molecule has 0 fully saturated rings. The van der Waals surface area contributed by atoms with Crippen molar-refractivity contribution in [3.05, 3.63) is 84.2 Å². The van der Waals surface area contributed by atoms with Crippen molar-refractivity contribution in [1.29, 1.82) is 0 Å². The predicted octanol–water partition coefficient (Wildman–Crippen LogP) is 3.77. The van der Waals surface area contributed by atoms with Crippen LogP contribution in [0.2, 0.25) is 0 Å². The molecule has 0 unspecified atom stereocenters. The van der Waals surface area contributed by atoms with E-state index in [4.69, 9.17) is 0 Å². The van der Waals surface area contributed by atoms with E-state index in [1.54, 1.807) is 6.08 Å². The van der Waals surface area contributed by atoms with Crippen LogP contribution in [0.3, 0.4) is 0 Å². The number of aromatic nitrogens is 1. The molecule has 0 spiro atoms. The highest BCUT2D eigenvalue weighted by Crippen LogP contribution is 2.13. The fourth-order valence-corrected chi connectivity index (χ4v) is 1.89. The lowest BCUT2D eigenvalue weighted by atomic mass is 10.1. The fraction of sp³-hybridized carbons (Fsp3) is 0.118. The van der Waals surface area contributed by atoms with Gasteiger partial charge < -0.3 is 4.57 Å². The lowest BCUT2D eigenvalue weighted by Gasteiger charge is -2.08. The Morgan fingerprint density at radius 3 is 2.58 bits per heavy atom. The highest BCUT2D eigenvalue weighted by molar-refractivity contribution is 6.08. The molecule has 0 amide bonds. The maximum atomic E-state index is 12.4. The zero-order chi connectivity index (χ0) is 13.8. The average molecular weight is 251 g/mol. The van der Waals surface area contributed by atoms with E-state index < -0.39 is 0 Å². The van der Waals surface area contributed by atoms with E-state index in [0.29, 0.717) is 17.8 Å². The van der Waals surface area contributed by atoms with Gasteiger partial charge in [0.25, 0.3) is 0 Å².